The van der Waals surface area contributed by atoms with Gasteiger partial charge in [0.1, 0.15) is 11.5 Å². The number of halogens is 1. The summed E-state index contributed by atoms with van der Waals surface area (Å²) in [6.07, 6.45) is 5.53. The Morgan fingerprint density at radius 1 is 1.21 bits per heavy atom. The number of amides is 1. The van der Waals surface area contributed by atoms with Crippen molar-refractivity contribution in [3.63, 3.8) is 0 Å². The summed E-state index contributed by atoms with van der Waals surface area (Å²) in [5.74, 6) is 0.343. The van der Waals surface area contributed by atoms with E-state index in [4.69, 9.17) is 20.5 Å². The number of benzene rings is 1. The maximum atomic E-state index is 13.3. The molecule has 3 heterocycles. The molecule has 0 bridgehead atoms. The van der Waals surface area contributed by atoms with Crippen LogP contribution in [0.5, 0.6) is 0 Å². The van der Waals surface area contributed by atoms with E-state index < -0.39 is 10.0 Å². The zero-order chi connectivity index (χ0) is 23.4. The molecule has 1 aliphatic heterocycles. The average Bonchev–Trinajstić information content (AvgIpc) is 3.46. The van der Waals surface area contributed by atoms with Crippen LogP contribution in [0.4, 0.5) is 0 Å². The Labute approximate surface area is 197 Å². The third-order valence-electron chi connectivity index (χ3n) is 5.61. The molecule has 1 saturated heterocycles. The van der Waals surface area contributed by atoms with Crippen LogP contribution in [0.15, 0.2) is 56.5 Å². The van der Waals surface area contributed by atoms with Gasteiger partial charge in [0.05, 0.1) is 6.26 Å². The van der Waals surface area contributed by atoms with Gasteiger partial charge in [0, 0.05) is 30.6 Å². The number of piperidine rings is 1. The first-order chi connectivity index (χ1) is 15.9. The van der Waals surface area contributed by atoms with E-state index in [1.165, 1.54) is 16.6 Å². The second kappa shape index (κ2) is 9.94. The molecule has 10 heteroatoms. The van der Waals surface area contributed by atoms with E-state index in [-0.39, 0.29) is 41.3 Å². The van der Waals surface area contributed by atoms with Gasteiger partial charge >= 0.3 is 0 Å². The van der Waals surface area contributed by atoms with Gasteiger partial charge in [-0.3, -0.25) is 4.79 Å². The highest BCUT2D eigenvalue weighted by Crippen LogP contribution is 2.29. The van der Waals surface area contributed by atoms with Crippen LogP contribution in [0, 0.1) is 12.8 Å². The summed E-state index contributed by atoms with van der Waals surface area (Å²) in [5.41, 5.74) is 1.12. The lowest BCUT2D eigenvalue weighted by Gasteiger charge is -2.30. The van der Waals surface area contributed by atoms with Crippen LogP contribution < -0.4 is 5.32 Å². The Hall–Kier alpha value is -2.88. The van der Waals surface area contributed by atoms with Crippen molar-refractivity contribution in [1.29, 1.82) is 0 Å². The van der Waals surface area contributed by atoms with E-state index >= 15 is 0 Å². The Morgan fingerprint density at radius 2 is 1.97 bits per heavy atom. The van der Waals surface area contributed by atoms with Crippen LogP contribution in [0.1, 0.15) is 35.6 Å². The van der Waals surface area contributed by atoms with Gasteiger partial charge in [-0.1, -0.05) is 35.0 Å². The molecule has 0 radical (unpaired) electrons. The normalized spacial score (nSPS) is 15.8. The SMILES string of the molecule is Cc1noc(/C=C/c2ccco2)c1S(=O)(=O)N1CCC(C(=O)NCc2ccccc2Cl)CC1. The van der Waals surface area contributed by atoms with Crippen LogP contribution in [0.2, 0.25) is 5.02 Å². The van der Waals surface area contributed by atoms with E-state index in [0.29, 0.717) is 30.2 Å². The third-order valence-corrected chi connectivity index (χ3v) is 8.04. The summed E-state index contributed by atoms with van der Waals surface area (Å²) in [6, 6.07) is 10.8. The quantitative estimate of drug-likeness (QED) is 0.535. The standard InChI is InChI=1S/C23H24ClN3O5S/c1-16-22(21(32-26-16)9-8-19-6-4-14-31-19)33(29,30)27-12-10-17(11-13-27)23(28)25-15-18-5-2-3-7-20(18)24/h2-9,14,17H,10-13,15H2,1H3,(H,25,28)/b9-8+. The predicted octanol–water partition coefficient (Wildman–Crippen LogP) is 4.12. The van der Waals surface area contributed by atoms with Crippen LogP contribution in [0.3, 0.4) is 0 Å². The van der Waals surface area contributed by atoms with Gasteiger partial charge in [-0.2, -0.15) is 4.31 Å². The van der Waals surface area contributed by atoms with Crippen LogP contribution in [0.25, 0.3) is 12.2 Å². The number of carbonyl (C=O) groups is 1. The molecule has 174 valence electrons. The third kappa shape index (κ3) is 5.21. The molecule has 0 unspecified atom stereocenters. The molecule has 0 spiro atoms. The average molecular weight is 490 g/mol. The summed E-state index contributed by atoms with van der Waals surface area (Å²) in [5, 5.41) is 7.34. The number of carbonyl (C=O) groups excluding carboxylic acids is 1. The number of furan rings is 1. The van der Waals surface area contributed by atoms with E-state index in [2.05, 4.69) is 10.5 Å². The van der Waals surface area contributed by atoms with Crippen LogP contribution in [-0.4, -0.2) is 36.9 Å². The molecular formula is C23H24ClN3O5S. The fourth-order valence-corrected chi connectivity index (χ4v) is 5.72. The highest BCUT2D eigenvalue weighted by atomic mass is 35.5. The van der Waals surface area contributed by atoms with Crippen molar-refractivity contribution < 1.29 is 22.2 Å². The molecule has 8 nitrogen and oxygen atoms in total. The maximum Gasteiger partial charge on any atom is 0.248 e. The topological polar surface area (TPSA) is 106 Å². The first kappa shape index (κ1) is 23.3. The molecular weight excluding hydrogens is 466 g/mol. The first-order valence-electron chi connectivity index (χ1n) is 10.6. The van der Waals surface area contributed by atoms with Gasteiger partial charge in [-0.05, 0) is 55.7 Å². The number of rotatable bonds is 7. The van der Waals surface area contributed by atoms with Crippen molar-refractivity contribution in [3.05, 3.63) is 70.5 Å². The Balaban J connectivity index is 1.40. The number of aromatic nitrogens is 1. The Bertz CT molecular complexity index is 1240. The van der Waals surface area contributed by atoms with Crippen molar-refractivity contribution in [2.75, 3.05) is 13.1 Å². The molecule has 3 aromatic rings. The minimum atomic E-state index is -3.83. The molecule has 0 aliphatic carbocycles. The molecule has 1 aliphatic rings. The molecule has 33 heavy (non-hydrogen) atoms. The number of hydrogen-bond donors (Lipinski definition) is 1. The number of sulfonamides is 1. The summed E-state index contributed by atoms with van der Waals surface area (Å²) in [4.78, 5) is 12.6. The molecule has 2 aromatic heterocycles. The summed E-state index contributed by atoms with van der Waals surface area (Å²) in [6.45, 7) is 2.40. The van der Waals surface area contributed by atoms with Crippen LogP contribution in [-0.2, 0) is 21.4 Å². The van der Waals surface area contributed by atoms with Crippen molar-refractivity contribution in [2.45, 2.75) is 31.2 Å². The van der Waals surface area contributed by atoms with Gasteiger partial charge in [-0.25, -0.2) is 8.42 Å². The molecule has 1 fully saturated rings. The van der Waals surface area contributed by atoms with Crippen molar-refractivity contribution in [2.24, 2.45) is 5.92 Å². The predicted molar refractivity (Wildman–Crippen MR) is 124 cm³/mol. The molecule has 1 aromatic carbocycles. The van der Waals surface area contributed by atoms with Gasteiger partial charge < -0.3 is 14.3 Å². The number of nitrogens with zero attached hydrogens (tertiary/aromatic N) is 2. The minimum absolute atomic E-state index is 0.0342. The fraction of sp³-hybridized carbons (Fsp3) is 0.304. The lowest BCUT2D eigenvalue weighted by molar-refractivity contribution is -0.126. The lowest BCUT2D eigenvalue weighted by Crippen LogP contribution is -2.43. The summed E-state index contributed by atoms with van der Waals surface area (Å²) >= 11 is 6.14. The molecule has 0 saturated carbocycles. The van der Waals surface area contributed by atoms with Gasteiger partial charge in [0.2, 0.25) is 15.9 Å². The van der Waals surface area contributed by atoms with E-state index in [1.54, 1.807) is 31.2 Å². The van der Waals surface area contributed by atoms with Crippen LogP contribution >= 0.6 is 11.6 Å². The largest absolute Gasteiger partial charge is 0.465 e. The Morgan fingerprint density at radius 3 is 2.67 bits per heavy atom. The minimum Gasteiger partial charge on any atom is -0.465 e. The summed E-state index contributed by atoms with van der Waals surface area (Å²) < 4.78 is 38.5. The monoisotopic (exact) mass is 489 g/mol. The zero-order valence-corrected chi connectivity index (χ0v) is 19.6. The second-order valence-corrected chi connectivity index (χ2v) is 10.1. The highest BCUT2D eigenvalue weighted by Gasteiger charge is 2.35. The maximum absolute atomic E-state index is 13.3. The van der Waals surface area contributed by atoms with Gasteiger partial charge in [-0.15, -0.1) is 0 Å². The fourth-order valence-electron chi connectivity index (χ4n) is 3.80. The number of nitrogens with one attached hydrogen (secondary N) is 1. The molecule has 4 rings (SSSR count). The van der Waals surface area contributed by atoms with Crippen molar-refractivity contribution >= 4 is 39.7 Å². The smallest absolute Gasteiger partial charge is 0.248 e. The summed E-state index contributed by atoms with van der Waals surface area (Å²) in [7, 11) is -3.83. The molecule has 0 atom stereocenters. The highest BCUT2D eigenvalue weighted by molar-refractivity contribution is 7.89. The van der Waals surface area contributed by atoms with E-state index in [0.717, 1.165) is 5.56 Å². The Kier molecular flexibility index (Phi) is 7.02. The first-order valence-corrected chi connectivity index (χ1v) is 12.4. The lowest BCUT2D eigenvalue weighted by atomic mass is 9.97. The van der Waals surface area contributed by atoms with Gasteiger partial charge in [0.15, 0.2) is 10.7 Å². The van der Waals surface area contributed by atoms with E-state index in [1.807, 2.05) is 18.2 Å². The van der Waals surface area contributed by atoms with Gasteiger partial charge in [0.25, 0.3) is 0 Å². The molecule has 1 N–H and O–H groups in total. The van der Waals surface area contributed by atoms with Crippen molar-refractivity contribution in [3.8, 4) is 0 Å². The molecule has 1 amide bonds. The second-order valence-electron chi connectivity index (χ2n) is 7.80. The van der Waals surface area contributed by atoms with Crippen molar-refractivity contribution in [1.82, 2.24) is 14.8 Å². The number of aryl methyl sites for hydroxylation is 1. The zero-order valence-electron chi connectivity index (χ0n) is 18.0. The van der Waals surface area contributed by atoms with E-state index in [9.17, 15) is 13.2 Å². The number of hydrogen-bond acceptors (Lipinski definition) is 6.